The molecule has 1 saturated carbocycles. The summed E-state index contributed by atoms with van der Waals surface area (Å²) in [5.74, 6) is -1.35. The third kappa shape index (κ3) is 5.87. The Hall–Kier alpha value is -4.41. The zero-order valence-electron chi connectivity index (χ0n) is 22.2. The van der Waals surface area contributed by atoms with Gasteiger partial charge in [-0.3, -0.25) is 14.4 Å². The SMILES string of the molecule is COc1cccc(OC)c1-c1cc(C(=O)N[C@]2(CC(=O)NCC(=O)O)CC2C(C)C)nn1-c1ccc(F)cc1. The van der Waals surface area contributed by atoms with Crippen molar-refractivity contribution in [2.75, 3.05) is 20.8 Å². The monoisotopic (exact) mass is 538 g/mol. The normalized spacial score (nSPS) is 17.9. The molecule has 1 aliphatic rings. The number of carbonyl (C=O) groups is 3. The number of hydrogen-bond acceptors (Lipinski definition) is 6. The molecule has 2 aromatic carbocycles. The molecule has 3 N–H and O–H groups in total. The molecule has 206 valence electrons. The number of nitrogens with zero attached hydrogens (tertiary/aromatic N) is 2. The van der Waals surface area contributed by atoms with E-state index in [1.54, 1.807) is 36.4 Å². The number of halogens is 1. The Balaban J connectivity index is 1.72. The number of carbonyl (C=O) groups excluding carboxylic acids is 2. The maximum atomic E-state index is 13.7. The average Bonchev–Trinajstić information content (AvgIpc) is 3.42. The van der Waals surface area contributed by atoms with E-state index >= 15 is 0 Å². The second-order valence-electron chi connectivity index (χ2n) is 9.85. The highest BCUT2D eigenvalue weighted by molar-refractivity contribution is 5.95. The zero-order chi connectivity index (χ0) is 28.3. The van der Waals surface area contributed by atoms with Crippen LogP contribution in [-0.4, -0.2) is 59.0 Å². The summed E-state index contributed by atoms with van der Waals surface area (Å²) in [4.78, 5) is 36.9. The quantitative estimate of drug-likeness (QED) is 0.341. The van der Waals surface area contributed by atoms with Crippen LogP contribution < -0.4 is 20.1 Å². The molecule has 10 nitrogen and oxygen atoms in total. The largest absolute Gasteiger partial charge is 0.496 e. The van der Waals surface area contributed by atoms with E-state index in [-0.39, 0.29) is 24.0 Å². The second-order valence-corrected chi connectivity index (χ2v) is 9.85. The van der Waals surface area contributed by atoms with Gasteiger partial charge in [0, 0.05) is 6.42 Å². The van der Waals surface area contributed by atoms with Gasteiger partial charge in [0.1, 0.15) is 23.9 Å². The maximum absolute atomic E-state index is 13.7. The number of carboxylic acids is 1. The number of carboxylic acid groups (broad SMARTS) is 1. The number of rotatable bonds is 11. The predicted octanol–water partition coefficient (Wildman–Crippen LogP) is 3.43. The first kappa shape index (κ1) is 27.6. The lowest BCUT2D eigenvalue weighted by molar-refractivity contribution is -0.138. The first-order chi connectivity index (χ1) is 18.6. The smallest absolute Gasteiger partial charge is 0.322 e. The van der Waals surface area contributed by atoms with E-state index in [9.17, 15) is 18.8 Å². The molecular weight excluding hydrogens is 507 g/mol. The second kappa shape index (κ2) is 11.1. The molecule has 11 heteroatoms. The highest BCUT2D eigenvalue weighted by Gasteiger charge is 2.57. The zero-order valence-corrected chi connectivity index (χ0v) is 22.2. The highest BCUT2D eigenvalue weighted by atomic mass is 19.1. The van der Waals surface area contributed by atoms with E-state index in [0.29, 0.717) is 34.9 Å². The van der Waals surface area contributed by atoms with Gasteiger partial charge in [0.05, 0.1) is 36.7 Å². The summed E-state index contributed by atoms with van der Waals surface area (Å²) in [7, 11) is 3.03. The van der Waals surface area contributed by atoms with Crippen molar-refractivity contribution in [1.29, 1.82) is 0 Å². The number of aromatic nitrogens is 2. The van der Waals surface area contributed by atoms with Crippen molar-refractivity contribution in [2.24, 2.45) is 11.8 Å². The van der Waals surface area contributed by atoms with Gasteiger partial charge in [0.15, 0.2) is 5.69 Å². The van der Waals surface area contributed by atoms with Crippen molar-refractivity contribution >= 4 is 17.8 Å². The maximum Gasteiger partial charge on any atom is 0.322 e. The molecule has 1 fully saturated rings. The van der Waals surface area contributed by atoms with Gasteiger partial charge in [0.2, 0.25) is 5.91 Å². The fourth-order valence-corrected chi connectivity index (χ4v) is 4.96. The number of nitrogens with one attached hydrogen (secondary N) is 2. The van der Waals surface area contributed by atoms with Crippen LogP contribution in [0.25, 0.3) is 16.9 Å². The van der Waals surface area contributed by atoms with Crippen LogP contribution in [-0.2, 0) is 9.59 Å². The topological polar surface area (TPSA) is 132 Å². The highest BCUT2D eigenvalue weighted by Crippen LogP contribution is 2.51. The summed E-state index contributed by atoms with van der Waals surface area (Å²) in [6.07, 6.45) is 0.517. The molecule has 3 aromatic rings. The van der Waals surface area contributed by atoms with Gasteiger partial charge in [-0.15, -0.1) is 0 Å². The number of aliphatic carboxylic acids is 1. The Labute approximate surface area is 225 Å². The predicted molar refractivity (Wildman–Crippen MR) is 140 cm³/mol. The molecule has 1 heterocycles. The molecule has 0 bridgehead atoms. The molecule has 0 radical (unpaired) electrons. The Morgan fingerprint density at radius 3 is 2.31 bits per heavy atom. The molecular formula is C28H31FN4O6. The lowest BCUT2D eigenvalue weighted by atomic mass is 10.0. The molecule has 1 aliphatic carbocycles. The molecule has 2 amide bonds. The number of hydrogen-bond donors (Lipinski definition) is 3. The fraction of sp³-hybridized carbons (Fsp3) is 0.357. The average molecular weight is 539 g/mol. The Kier molecular flexibility index (Phi) is 7.89. The third-order valence-corrected chi connectivity index (χ3v) is 6.91. The summed E-state index contributed by atoms with van der Waals surface area (Å²) in [5, 5.41) is 18.8. The van der Waals surface area contributed by atoms with Gasteiger partial charge in [0.25, 0.3) is 5.91 Å². The van der Waals surface area contributed by atoms with Gasteiger partial charge in [-0.05, 0) is 60.7 Å². The van der Waals surface area contributed by atoms with Gasteiger partial charge in [-0.25, -0.2) is 9.07 Å². The van der Waals surface area contributed by atoms with Crippen LogP contribution in [0.5, 0.6) is 11.5 Å². The van der Waals surface area contributed by atoms with Crippen LogP contribution in [0.4, 0.5) is 4.39 Å². The number of amides is 2. The Morgan fingerprint density at radius 2 is 1.77 bits per heavy atom. The molecule has 1 aromatic heterocycles. The Morgan fingerprint density at radius 1 is 1.13 bits per heavy atom. The number of ether oxygens (including phenoxy) is 2. The van der Waals surface area contributed by atoms with Crippen LogP contribution in [0.1, 0.15) is 37.2 Å². The van der Waals surface area contributed by atoms with Crippen LogP contribution in [0, 0.1) is 17.7 Å². The van der Waals surface area contributed by atoms with Crippen molar-refractivity contribution in [3.8, 4) is 28.4 Å². The first-order valence-electron chi connectivity index (χ1n) is 12.5. The van der Waals surface area contributed by atoms with Gasteiger partial charge >= 0.3 is 5.97 Å². The van der Waals surface area contributed by atoms with Crippen molar-refractivity contribution in [3.05, 3.63) is 60.0 Å². The van der Waals surface area contributed by atoms with Crippen molar-refractivity contribution in [3.63, 3.8) is 0 Å². The van der Waals surface area contributed by atoms with Crippen molar-refractivity contribution < 1.29 is 33.4 Å². The minimum atomic E-state index is -1.15. The first-order valence-corrected chi connectivity index (χ1v) is 12.5. The number of benzene rings is 2. The van der Waals surface area contributed by atoms with E-state index in [0.717, 1.165) is 0 Å². The van der Waals surface area contributed by atoms with Crippen LogP contribution >= 0.6 is 0 Å². The van der Waals surface area contributed by atoms with Crippen LogP contribution in [0.15, 0.2) is 48.5 Å². The summed E-state index contributed by atoms with van der Waals surface area (Å²) >= 11 is 0. The van der Waals surface area contributed by atoms with Crippen LogP contribution in [0.3, 0.4) is 0 Å². The lowest BCUT2D eigenvalue weighted by Gasteiger charge is -2.20. The molecule has 4 rings (SSSR count). The van der Waals surface area contributed by atoms with Gasteiger partial charge in [-0.2, -0.15) is 5.10 Å². The Bertz CT molecular complexity index is 1360. The molecule has 0 aliphatic heterocycles. The number of methoxy groups -OCH3 is 2. The third-order valence-electron chi connectivity index (χ3n) is 6.91. The lowest BCUT2D eigenvalue weighted by Crippen LogP contribution is -2.44. The minimum absolute atomic E-state index is 0.0324. The van der Waals surface area contributed by atoms with Crippen molar-refractivity contribution in [1.82, 2.24) is 20.4 Å². The molecule has 2 atom stereocenters. The van der Waals surface area contributed by atoms with E-state index in [4.69, 9.17) is 14.6 Å². The summed E-state index contributed by atoms with van der Waals surface area (Å²) in [5.41, 5.74) is 0.781. The molecule has 0 saturated heterocycles. The van der Waals surface area contributed by atoms with E-state index in [1.807, 2.05) is 13.8 Å². The molecule has 0 spiro atoms. The summed E-state index contributed by atoms with van der Waals surface area (Å²) in [6.45, 7) is 3.51. The van der Waals surface area contributed by atoms with Crippen LogP contribution in [0.2, 0.25) is 0 Å². The molecule has 1 unspecified atom stereocenters. The summed E-state index contributed by atoms with van der Waals surface area (Å²) < 4.78 is 26.3. The van der Waals surface area contributed by atoms with E-state index in [2.05, 4.69) is 15.7 Å². The van der Waals surface area contributed by atoms with Crippen molar-refractivity contribution in [2.45, 2.75) is 32.2 Å². The van der Waals surface area contributed by atoms with Gasteiger partial charge in [-0.1, -0.05) is 19.9 Å². The minimum Gasteiger partial charge on any atom is -0.496 e. The van der Waals surface area contributed by atoms with E-state index in [1.165, 1.54) is 31.0 Å². The fourth-order valence-electron chi connectivity index (χ4n) is 4.96. The van der Waals surface area contributed by atoms with Gasteiger partial charge < -0.3 is 25.2 Å². The summed E-state index contributed by atoms with van der Waals surface area (Å²) in [6, 6.07) is 12.5. The molecule has 39 heavy (non-hydrogen) atoms. The standard InChI is InChI=1S/C28H31FN4O6/c1-16(2)19-13-28(19,14-24(34)30-15-25(35)36)31-27(37)20-12-21(26-22(38-3)6-5-7-23(26)39-4)33(32-20)18-10-8-17(29)9-11-18/h5-12,16,19H,13-15H2,1-4H3,(H,30,34)(H,31,37)(H,35,36)/t19?,28-/m0/s1. The van der Waals surface area contributed by atoms with E-state index < -0.39 is 35.7 Å².